The van der Waals surface area contributed by atoms with Gasteiger partial charge in [-0.05, 0) is 43.4 Å². The Morgan fingerprint density at radius 2 is 2.28 bits per heavy atom. The number of nitrogens with zero attached hydrogens (tertiary/aromatic N) is 4. The highest BCUT2D eigenvalue weighted by Crippen LogP contribution is 2.34. The summed E-state index contributed by atoms with van der Waals surface area (Å²) >= 11 is 0. The molecule has 1 aliphatic rings. The first-order chi connectivity index (χ1) is 14.1. The molecule has 3 aromatic rings. The minimum Gasteiger partial charge on any atom is -0.396 e. The number of hydrogen-bond donors (Lipinski definition) is 2. The second-order valence-corrected chi connectivity index (χ2v) is 7.31. The van der Waals surface area contributed by atoms with Gasteiger partial charge in [-0.25, -0.2) is 0 Å². The van der Waals surface area contributed by atoms with Crippen LogP contribution in [-0.2, 0) is 19.4 Å². The fourth-order valence-electron chi connectivity index (χ4n) is 3.75. The molecule has 8 nitrogen and oxygen atoms in total. The van der Waals surface area contributed by atoms with Crippen LogP contribution in [0, 0.1) is 6.92 Å². The summed E-state index contributed by atoms with van der Waals surface area (Å²) in [5, 5.41) is 20.5. The van der Waals surface area contributed by atoms with Crippen LogP contribution in [0.2, 0.25) is 0 Å². The van der Waals surface area contributed by atoms with Crippen molar-refractivity contribution >= 4 is 5.91 Å². The summed E-state index contributed by atoms with van der Waals surface area (Å²) in [5.41, 5.74) is 4.53. The molecule has 1 atom stereocenters. The van der Waals surface area contributed by atoms with E-state index >= 15 is 0 Å². The number of aliphatic hydroxyl groups is 1. The first kappa shape index (κ1) is 19.3. The summed E-state index contributed by atoms with van der Waals surface area (Å²) < 4.78 is 6.92. The van der Waals surface area contributed by atoms with Gasteiger partial charge in [0.2, 0.25) is 11.7 Å². The van der Waals surface area contributed by atoms with Gasteiger partial charge in [0.1, 0.15) is 0 Å². The number of nitrogens with one attached hydrogen (secondary N) is 1. The van der Waals surface area contributed by atoms with E-state index in [2.05, 4.69) is 26.6 Å². The van der Waals surface area contributed by atoms with E-state index in [1.165, 1.54) is 5.56 Å². The van der Waals surface area contributed by atoms with Crippen LogP contribution in [-0.4, -0.2) is 37.5 Å². The number of aliphatic hydroxyl groups excluding tert-OH is 1. The van der Waals surface area contributed by atoms with Crippen LogP contribution in [0.1, 0.15) is 58.9 Å². The average Bonchev–Trinajstić information content (AvgIpc) is 3.44. The van der Waals surface area contributed by atoms with Gasteiger partial charge in [0.25, 0.3) is 5.91 Å². The molecule has 1 amide bonds. The van der Waals surface area contributed by atoms with Crippen molar-refractivity contribution < 1.29 is 14.4 Å². The molecule has 2 aromatic heterocycles. The first-order valence-electron chi connectivity index (χ1n) is 10.0. The van der Waals surface area contributed by atoms with Gasteiger partial charge >= 0.3 is 0 Å². The van der Waals surface area contributed by atoms with E-state index in [4.69, 9.17) is 9.63 Å². The minimum atomic E-state index is -0.120. The lowest BCUT2D eigenvalue weighted by atomic mass is 10.0. The van der Waals surface area contributed by atoms with Crippen LogP contribution in [0.3, 0.4) is 0 Å². The van der Waals surface area contributed by atoms with Crippen molar-refractivity contribution in [2.75, 3.05) is 6.61 Å². The molecule has 8 heteroatoms. The molecule has 0 saturated carbocycles. The largest absolute Gasteiger partial charge is 0.396 e. The molecule has 152 valence electrons. The molecule has 1 aromatic carbocycles. The maximum Gasteiger partial charge on any atom is 0.255 e. The summed E-state index contributed by atoms with van der Waals surface area (Å²) in [6, 6.07) is 6.08. The van der Waals surface area contributed by atoms with Crippen LogP contribution in [0.25, 0.3) is 11.4 Å². The van der Waals surface area contributed by atoms with Gasteiger partial charge in [-0.15, -0.1) is 0 Å². The van der Waals surface area contributed by atoms with Crippen molar-refractivity contribution in [2.24, 2.45) is 0 Å². The maximum absolute atomic E-state index is 12.8. The number of aromatic nitrogens is 4. The Labute approximate surface area is 168 Å². The lowest BCUT2D eigenvalue weighted by molar-refractivity contribution is 0.0936. The molecule has 29 heavy (non-hydrogen) atoms. The minimum absolute atomic E-state index is 0.0248. The van der Waals surface area contributed by atoms with Gasteiger partial charge in [0.15, 0.2) is 0 Å². The van der Waals surface area contributed by atoms with Crippen LogP contribution in [0.5, 0.6) is 0 Å². The molecule has 0 saturated heterocycles. The molecule has 0 aliphatic heterocycles. The molecule has 0 spiro atoms. The Balaban J connectivity index is 1.48. The van der Waals surface area contributed by atoms with Gasteiger partial charge in [0, 0.05) is 31.3 Å². The molecular formula is C21H25N5O3. The number of rotatable bonds is 7. The van der Waals surface area contributed by atoms with E-state index in [1.54, 1.807) is 10.9 Å². The molecule has 0 unspecified atom stereocenters. The number of hydrogen-bond acceptors (Lipinski definition) is 6. The normalized spacial score (nSPS) is 15.5. The van der Waals surface area contributed by atoms with Crippen molar-refractivity contribution in [3.8, 4) is 11.4 Å². The predicted molar refractivity (Wildman–Crippen MR) is 106 cm³/mol. The Kier molecular flexibility index (Phi) is 5.44. The number of carbonyl (C=O) groups is 1. The van der Waals surface area contributed by atoms with Crippen molar-refractivity contribution in [3.05, 3.63) is 52.7 Å². The van der Waals surface area contributed by atoms with E-state index in [-0.39, 0.29) is 18.6 Å². The topological polar surface area (TPSA) is 106 Å². The number of carbonyl (C=O) groups excluding carboxylic acids is 1. The van der Waals surface area contributed by atoms with E-state index in [1.807, 2.05) is 26.0 Å². The number of fused-ring (bicyclic) bond motifs is 1. The molecular weight excluding hydrogens is 370 g/mol. The zero-order valence-electron chi connectivity index (χ0n) is 16.7. The smallest absolute Gasteiger partial charge is 0.255 e. The zero-order chi connectivity index (χ0) is 20.4. The molecule has 0 radical (unpaired) electrons. The van der Waals surface area contributed by atoms with E-state index < -0.39 is 0 Å². The fraction of sp³-hybridized carbons (Fsp3) is 0.429. The van der Waals surface area contributed by atoms with Crippen molar-refractivity contribution in [1.29, 1.82) is 0 Å². The van der Waals surface area contributed by atoms with Crippen LogP contribution >= 0.6 is 0 Å². The van der Waals surface area contributed by atoms with Gasteiger partial charge in [0.05, 0.1) is 17.3 Å². The molecule has 1 aliphatic carbocycles. The second kappa shape index (κ2) is 8.16. The van der Waals surface area contributed by atoms with Crippen molar-refractivity contribution in [1.82, 2.24) is 25.2 Å². The molecule has 2 N–H and O–H groups in total. The van der Waals surface area contributed by atoms with Gasteiger partial charge < -0.3 is 14.9 Å². The van der Waals surface area contributed by atoms with Gasteiger partial charge in [-0.2, -0.15) is 10.1 Å². The van der Waals surface area contributed by atoms with E-state index in [9.17, 15) is 4.79 Å². The summed E-state index contributed by atoms with van der Waals surface area (Å²) in [6.45, 7) is 4.50. The lowest BCUT2D eigenvalue weighted by Crippen LogP contribution is -2.27. The van der Waals surface area contributed by atoms with Crippen molar-refractivity contribution in [2.45, 2.75) is 52.1 Å². The van der Waals surface area contributed by atoms with Crippen molar-refractivity contribution in [3.63, 3.8) is 0 Å². The highest BCUT2D eigenvalue weighted by atomic mass is 16.5. The Hall–Kier alpha value is -3.00. The quantitative estimate of drug-likeness (QED) is 0.637. The highest BCUT2D eigenvalue weighted by Gasteiger charge is 2.26. The summed E-state index contributed by atoms with van der Waals surface area (Å²) in [7, 11) is 0. The van der Waals surface area contributed by atoms with Gasteiger partial charge in [-0.3, -0.25) is 9.48 Å². The molecule has 2 heterocycles. The molecule has 4 rings (SSSR count). The Morgan fingerprint density at radius 1 is 1.41 bits per heavy atom. The summed E-state index contributed by atoms with van der Waals surface area (Å²) in [6.07, 6.45) is 4.82. The van der Waals surface area contributed by atoms with Gasteiger partial charge in [-0.1, -0.05) is 24.2 Å². The Bertz CT molecular complexity index is 1020. The fourth-order valence-corrected chi connectivity index (χ4v) is 3.75. The third-order valence-corrected chi connectivity index (χ3v) is 5.29. The lowest BCUT2D eigenvalue weighted by Gasteiger charge is -2.14. The SMILES string of the molecule is CCc1nc(-c2ccc3c(c2)CC[C@H]3NC(=O)c2cn(CCCO)nc2C)no1. The predicted octanol–water partition coefficient (Wildman–Crippen LogP) is 2.60. The number of aryl methyl sites for hydroxylation is 4. The molecule has 0 fully saturated rings. The van der Waals surface area contributed by atoms with E-state index in [0.717, 1.165) is 24.0 Å². The average molecular weight is 395 g/mol. The third-order valence-electron chi connectivity index (χ3n) is 5.29. The first-order valence-corrected chi connectivity index (χ1v) is 10.0. The standard InChI is InChI=1S/C21H25N5O3/c1-3-19-23-20(25-29-19)15-5-7-16-14(11-15)6-8-18(16)22-21(28)17-12-26(9-4-10-27)24-13(17)2/h5,7,11-12,18,27H,3-4,6,8-10H2,1-2H3,(H,22,28)/t18-/m1/s1. The zero-order valence-corrected chi connectivity index (χ0v) is 16.7. The van der Waals surface area contributed by atoms with Crippen LogP contribution in [0.15, 0.2) is 28.9 Å². The van der Waals surface area contributed by atoms with Crippen LogP contribution in [0.4, 0.5) is 0 Å². The number of amides is 1. The summed E-state index contributed by atoms with van der Waals surface area (Å²) in [4.78, 5) is 17.2. The number of benzene rings is 1. The highest BCUT2D eigenvalue weighted by molar-refractivity contribution is 5.95. The second-order valence-electron chi connectivity index (χ2n) is 7.31. The van der Waals surface area contributed by atoms with E-state index in [0.29, 0.717) is 42.4 Å². The Morgan fingerprint density at radius 3 is 3.03 bits per heavy atom. The summed E-state index contributed by atoms with van der Waals surface area (Å²) in [5.74, 6) is 1.11. The van der Waals surface area contributed by atoms with Crippen LogP contribution < -0.4 is 5.32 Å². The third kappa shape index (κ3) is 3.93. The maximum atomic E-state index is 12.8. The monoisotopic (exact) mass is 395 g/mol. The molecule has 0 bridgehead atoms.